The molecular formula is C15H14O. The standard InChI is InChI=1S/C15H14O/c1-2-12-8-9-15(14(10-12)11-16)13-6-4-3-5-7-13/h2-10,16H,1,11H2. The molecule has 1 heteroatoms. The van der Waals surface area contributed by atoms with Gasteiger partial charge in [-0.15, -0.1) is 0 Å². The summed E-state index contributed by atoms with van der Waals surface area (Å²) in [6.45, 7) is 3.77. The van der Waals surface area contributed by atoms with E-state index in [4.69, 9.17) is 0 Å². The van der Waals surface area contributed by atoms with Gasteiger partial charge in [0, 0.05) is 0 Å². The van der Waals surface area contributed by atoms with Gasteiger partial charge in [0.15, 0.2) is 0 Å². The van der Waals surface area contributed by atoms with Crippen LogP contribution in [0.4, 0.5) is 0 Å². The number of hydrogen-bond donors (Lipinski definition) is 1. The van der Waals surface area contributed by atoms with E-state index in [1.54, 1.807) is 6.08 Å². The summed E-state index contributed by atoms with van der Waals surface area (Å²) in [5.74, 6) is 0. The highest BCUT2D eigenvalue weighted by Gasteiger charge is 2.03. The van der Waals surface area contributed by atoms with E-state index in [0.717, 1.165) is 22.3 Å². The van der Waals surface area contributed by atoms with Crippen molar-refractivity contribution in [3.05, 3.63) is 66.2 Å². The molecule has 0 amide bonds. The highest BCUT2D eigenvalue weighted by molar-refractivity contribution is 5.69. The largest absolute Gasteiger partial charge is 0.392 e. The van der Waals surface area contributed by atoms with Crippen LogP contribution in [0, 0.1) is 0 Å². The van der Waals surface area contributed by atoms with Gasteiger partial charge in [-0.05, 0) is 28.3 Å². The first-order chi connectivity index (χ1) is 7.85. The molecule has 0 unspecified atom stereocenters. The van der Waals surface area contributed by atoms with Crippen LogP contribution in [0.1, 0.15) is 11.1 Å². The summed E-state index contributed by atoms with van der Waals surface area (Å²) in [7, 11) is 0. The molecular weight excluding hydrogens is 196 g/mol. The first-order valence-corrected chi connectivity index (χ1v) is 5.27. The maximum Gasteiger partial charge on any atom is 0.0688 e. The van der Waals surface area contributed by atoms with Gasteiger partial charge < -0.3 is 5.11 Å². The summed E-state index contributed by atoms with van der Waals surface area (Å²) in [6, 6.07) is 16.1. The van der Waals surface area contributed by atoms with Crippen LogP contribution in [-0.2, 0) is 6.61 Å². The molecule has 2 rings (SSSR count). The van der Waals surface area contributed by atoms with Crippen LogP contribution in [0.15, 0.2) is 55.1 Å². The average molecular weight is 210 g/mol. The van der Waals surface area contributed by atoms with Crippen LogP contribution in [0.2, 0.25) is 0 Å². The summed E-state index contributed by atoms with van der Waals surface area (Å²) in [5.41, 5.74) is 4.17. The molecule has 0 bridgehead atoms. The third-order valence-electron chi connectivity index (χ3n) is 2.62. The fourth-order valence-corrected chi connectivity index (χ4v) is 1.77. The van der Waals surface area contributed by atoms with E-state index in [1.807, 2.05) is 48.5 Å². The van der Waals surface area contributed by atoms with E-state index in [1.165, 1.54) is 0 Å². The Morgan fingerprint density at radius 2 is 1.81 bits per heavy atom. The van der Waals surface area contributed by atoms with Gasteiger partial charge in [-0.1, -0.05) is 55.1 Å². The highest BCUT2D eigenvalue weighted by Crippen LogP contribution is 2.24. The molecule has 0 fully saturated rings. The zero-order valence-corrected chi connectivity index (χ0v) is 9.06. The lowest BCUT2D eigenvalue weighted by Crippen LogP contribution is -1.90. The molecule has 0 spiro atoms. The van der Waals surface area contributed by atoms with Crippen molar-refractivity contribution < 1.29 is 5.11 Å². The van der Waals surface area contributed by atoms with E-state index in [-0.39, 0.29) is 6.61 Å². The Balaban J connectivity index is 2.53. The molecule has 1 nitrogen and oxygen atoms in total. The van der Waals surface area contributed by atoms with Crippen molar-refractivity contribution in [3.8, 4) is 11.1 Å². The van der Waals surface area contributed by atoms with Gasteiger partial charge in [-0.25, -0.2) is 0 Å². The van der Waals surface area contributed by atoms with Crippen molar-refractivity contribution in [1.82, 2.24) is 0 Å². The third kappa shape index (κ3) is 2.05. The minimum Gasteiger partial charge on any atom is -0.392 e. The second-order valence-corrected chi connectivity index (χ2v) is 3.64. The zero-order chi connectivity index (χ0) is 11.4. The predicted octanol–water partition coefficient (Wildman–Crippen LogP) is 3.49. The topological polar surface area (TPSA) is 20.2 Å². The molecule has 0 heterocycles. The van der Waals surface area contributed by atoms with E-state index in [2.05, 4.69) is 6.58 Å². The van der Waals surface area contributed by atoms with Crippen molar-refractivity contribution in [2.75, 3.05) is 0 Å². The molecule has 0 radical (unpaired) electrons. The van der Waals surface area contributed by atoms with Gasteiger partial charge in [0.05, 0.1) is 6.61 Å². The molecule has 16 heavy (non-hydrogen) atoms. The third-order valence-corrected chi connectivity index (χ3v) is 2.62. The number of rotatable bonds is 3. The average Bonchev–Trinajstić information content (AvgIpc) is 2.39. The quantitative estimate of drug-likeness (QED) is 0.822. The number of hydrogen-bond acceptors (Lipinski definition) is 1. The molecule has 1 N–H and O–H groups in total. The second kappa shape index (κ2) is 4.77. The van der Waals surface area contributed by atoms with Gasteiger partial charge in [0.25, 0.3) is 0 Å². The lowest BCUT2D eigenvalue weighted by Gasteiger charge is -2.08. The maximum atomic E-state index is 9.37. The Morgan fingerprint density at radius 3 is 2.44 bits per heavy atom. The Hall–Kier alpha value is -1.86. The molecule has 0 aliphatic rings. The predicted molar refractivity (Wildman–Crippen MR) is 67.9 cm³/mol. The van der Waals surface area contributed by atoms with Gasteiger partial charge in [0.2, 0.25) is 0 Å². The Morgan fingerprint density at radius 1 is 1.06 bits per heavy atom. The monoisotopic (exact) mass is 210 g/mol. The summed E-state index contributed by atoms with van der Waals surface area (Å²) in [4.78, 5) is 0. The highest BCUT2D eigenvalue weighted by atomic mass is 16.3. The normalized spacial score (nSPS) is 10.1. The summed E-state index contributed by atoms with van der Waals surface area (Å²) >= 11 is 0. The van der Waals surface area contributed by atoms with E-state index in [9.17, 15) is 5.11 Å². The lowest BCUT2D eigenvalue weighted by atomic mass is 9.98. The molecule has 0 atom stereocenters. The second-order valence-electron chi connectivity index (χ2n) is 3.64. The fraction of sp³-hybridized carbons (Fsp3) is 0.0667. The van der Waals surface area contributed by atoms with Crippen molar-refractivity contribution in [1.29, 1.82) is 0 Å². The number of benzene rings is 2. The molecule has 0 aliphatic carbocycles. The van der Waals surface area contributed by atoms with Crippen LogP contribution in [-0.4, -0.2) is 5.11 Å². The van der Waals surface area contributed by atoms with E-state index in [0.29, 0.717) is 0 Å². The Bertz CT molecular complexity index is 486. The van der Waals surface area contributed by atoms with Gasteiger partial charge in [-0.3, -0.25) is 0 Å². The Labute approximate surface area is 95.7 Å². The number of aliphatic hydroxyl groups is 1. The summed E-state index contributed by atoms with van der Waals surface area (Å²) < 4.78 is 0. The minimum atomic E-state index is 0.0475. The smallest absolute Gasteiger partial charge is 0.0688 e. The first-order valence-electron chi connectivity index (χ1n) is 5.27. The Kier molecular flexibility index (Phi) is 3.18. The number of aliphatic hydroxyl groups excluding tert-OH is 1. The van der Waals surface area contributed by atoms with Crippen molar-refractivity contribution >= 4 is 6.08 Å². The van der Waals surface area contributed by atoms with E-state index >= 15 is 0 Å². The van der Waals surface area contributed by atoms with Crippen LogP contribution in [0.3, 0.4) is 0 Å². The summed E-state index contributed by atoms with van der Waals surface area (Å²) in [5, 5.41) is 9.37. The van der Waals surface area contributed by atoms with Crippen LogP contribution in [0.25, 0.3) is 17.2 Å². The maximum absolute atomic E-state index is 9.37. The van der Waals surface area contributed by atoms with Crippen molar-refractivity contribution in [2.24, 2.45) is 0 Å². The van der Waals surface area contributed by atoms with Crippen molar-refractivity contribution in [2.45, 2.75) is 6.61 Å². The molecule has 0 saturated carbocycles. The van der Waals surface area contributed by atoms with Crippen LogP contribution < -0.4 is 0 Å². The molecule has 2 aromatic carbocycles. The summed E-state index contributed by atoms with van der Waals surface area (Å²) in [6.07, 6.45) is 1.79. The minimum absolute atomic E-state index is 0.0475. The molecule has 2 aromatic rings. The first kappa shape index (κ1) is 10.7. The van der Waals surface area contributed by atoms with Gasteiger partial charge in [0.1, 0.15) is 0 Å². The lowest BCUT2D eigenvalue weighted by molar-refractivity contribution is 0.282. The van der Waals surface area contributed by atoms with Crippen LogP contribution >= 0.6 is 0 Å². The molecule has 0 saturated heterocycles. The van der Waals surface area contributed by atoms with Gasteiger partial charge >= 0.3 is 0 Å². The zero-order valence-electron chi connectivity index (χ0n) is 9.06. The molecule has 80 valence electrons. The molecule has 0 aromatic heterocycles. The van der Waals surface area contributed by atoms with E-state index < -0.39 is 0 Å². The van der Waals surface area contributed by atoms with Crippen molar-refractivity contribution in [3.63, 3.8) is 0 Å². The SMILES string of the molecule is C=Cc1ccc(-c2ccccc2)c(CO)c1. The molecule has 0 aliphatic heterocycles. The van der Waals surface area contributed by atoms with Gasteiger partial charge in [-0.2, -0.15) is 0 Å². The van der Waals surface area contributed by atoms with Crippen LogP contribution in [0.5, 0.6) is 0 Å². The fourth-order valence-electron chi connectivity index (χ4n) is 1.77.